The third-order valence-electron chi connectivity index (χ3n) is 2.92. The van der Waals surface area contributed by atoms with Gasteiger partial charge in [-0.15, -0.1) is 0 Å². The van der Waals surface area contributed by atoms with Gasteiger partial charge in [0.15, 0.2) is 0 Å². The van der Waals surface area contributed by atoms with Crippen LogP contribution in [0.2, 0.25) is 0 Å². The van der Waals surface area contributed by atoms with Crippen LogP contribution in [-0.4, -0.2) is 15.0 Å². The Morgan fingerprint density at radius 1 is 1.30 bits per heavy atom. The predicted molar refractivity (Wildman–Crippen MR) is 80.7 cm³/mol. The quantitative estimate of drug-likeness (QED) is 0.860. The normalized spacial score (nSPS) is 11.8. The lowest BCUT2D eigenvalue weighted by atomic mass is 10.2. The van der Waals surface area contributed by atoms with E-state index in [2.05, 4.69) is 10.0 Å². The summed E-state index contributed by atoms with van der Waals surface area (Å²) in [6, 6.07) is 1.73. The van der Waals surface area contributed by atoms with Crippen LogP contribution in [0.5, 0.6) is 0 Å². The zero-order chi connectivity index (χ0) is 14.8. The molecule has 0 radical (unpaired) electrons. The third-order valence-corrected chi connectivity index (χ3v) is 5.18. The second-order valence-electron chi connectivity index (χ2n) is 4.42. The van der Waals surface area contributed by atoms with E-state index in [9.17, 15) is 8.42 Å². The van der Waals surface area contributed by atoms with Crippen LogP contribution in [0.3, 0.4) is 0 Å². The summed E-state index contributed by atoms with van der Waals surface area (Å²) in [5, 5.41) is 6.72. The van der Waals surface area contributed by atoms with Crippen molar-refractivity contribution < 1.29 is 12.8 Å². The molecule has 0 saturated heterocycles. The fraction of sp³-hybridized carbons (Fsp3) is 0.385. The van der Waals surface area contributed by atoms with Gasteiger partial charge in [0.2, 0.25) is 0 Å². The molecule has 5 nitrogen and oxygen atoms in total. The Balaban J connectivity index is 2.40. The van der Waals surface area contributed by atoms with Gasteiger partial charge in [-0.25, -0.2) is 8.42 Å². The number of aryl methyl sites for hydroxylation is 2. The molecule has 0 spiro atoms. The van der Waals surface area contributed by atoms with Crippen molar-refractivity contribution in [2.45, 2.75) is 32.2 Å². The van der Waals surface area contributed by atoms with Crippen molar-refractivity contribution in [2.24, 2.45) is 0 Å². The zero-order valence-corrected chi connectivity index (χ0v) is 13.3. The Labute approximate surface area is 123 Å². The van der Waals surface area contributed by atoms with Crippen molar-refractivity contribution in [2.75, 3.05) is 11.3 Å². The van der Waals surface area contributed by atoms with Gasteiger partial charge in [0.05, 0.1) is 5.69 Å². The minimum absolute atomic E-state index is 0.238. The monoisotopic (exact) mass is 314 g/mol. The number of nitrogens with one attached hydrogen (secondary N) is 2. The standard InChI is InChI=1S/C13H18N2O3S2/c1-4-14-7-12-9(2)18-10(3)13(12)20(16,17)15-11-5-6-19-8-11/h5-6,8,14-15H,4,7H2,1-3H3. The van der Waals surface area contributed by atoms with E-state index in [1.807, 2.05) is 12.3 Å². The summed E-state index contributed by atoms with van der Waals surface area (Å²) >= 11 is 1.44. The molecule has 2 rings (SSSR count). The summed E-state index contributed by atoms with van der Waals surface area (Å²) in [6.07, 6.45) is 0. The highest BCUT2D eigenvalue weighted by molar-refractivity contribution is 7.92. The first-order valence-electron chi connectivity index (χ1n) is 6.30. The van der Waals surface area contributed by atoms with Crippen LogP contribution in [0, 0.1) is 13.8 Å². The Morgan fingerprint density at radius 2 is 2.05 bits per heavy atom. The summed E-state index contributed by atoms with van der Waals surface area (Å²) in [7, 11) is -3.63. The summed E-state index contributed by atoms with van der Waals surface area (Å²) in [6.45, 7) is 6.66. The summed E-state index contributed by atoms with van der Waals surface area (Å²) < 4.78 is 33.1. The molecule has 0 aliphatic rings. The van der Waals surface area contributed by atoms with Gasteiger partial charge in [-0.2, -0.15) is 11.3 Å². The lowest BCUT2D eigenvalue weighted by Gasteiger charge is -2.08. The molecule has 0 aliphatic carbocycles. The number of furan rings is 1. The van der Waals surface area contributed by atoms with E-state index in [1.54, 1.807) is 25.3 Å². The second kappa shape index (κ2) is 5.99. The molecule has 2 aromatic heterocycles. The number of thiophene rings is 1. The SMILES string of the molecule is CCNCc1c(C)oc(C)c1S(=O)(=O)Nc1ccsc1. The Bertz CT molecular complexity index is 673. The molecule has 0 bridgehead atoms. The van der Waals surface area contributed by atoms with Crippen molar-refractivity contribution in [3.8, 4) is 0 Å². The van der Waals surface area contributed by atoms with Gasteiger partial charge < -0.3 is 9.73 Å². The number of hydrogen-bond acceptors (Lipinski definition) is 5. The van der Waals surface area contributed by atoms with Crippen LogP contribution in [0.1, 0.15) is 24.0 Å². The molecular formula is C13H18N2O3S2. The van der Waals surface area contributed by atoms with Crippen LogP contribution in [0.25, 0.3) is 0 Å². The van der Waals surface area contributed by atoms with Crippen molar-refractivity contribution in [3.05, 3.63) is 33.9 Å². The highest BCUT2D eigenvalue weighted by atomic mass is 32.2. The van der Waals surface area contributed by atoms with Gasteiger partial charge in [0, 0.05) is 17.5 Å². The van der Waals surface area contributed by atoms with Crippen LogP contribution < -0.4 is 10.0 Å². The Morgan fingerprint density at radius 3 is 2.65 bits per heavy atom. The number of hydrogen-bond donors (Lipinski definition) is 2. The lowest BCUT2D eigenvalue weighted by molar-refractivity contribution is 0.493. The molecule has 2 heterocycles. The number of anilines is 1. The van der Waals surface area contributed by atoms with E-state index in [0.717, 1.165) is 6.54 Å². The molecule has 0 aromatic carbocycles. The maximum Gasteiger partial charge on any atom is 0.265 e. The van der Waals surface area contributed by atoms with Crippen molar-refractivity contribution in [1.82, 2.24) is 5.32 Å². The molecule has 0 fully saturated rings. The first-order valence-corrected chi connectivity index (χ1v) is 8.73. The molecule has 0 amide bonds. The first kappa shape index (κ1) is 15.1. The smallest absolute Gasteiger partial charge is 0.265 e. The van der Waals surface area contributed by atoms with Gasteiger partial charge >= 0.3 is 0 Å². The Kier molecular flexibility index (Phi) is 4.52. The fourth-order valence-corrected chi connectivity index (χ4v) is 4.21. The van der Waals surface area contributed by atoms with Crippen LogP contribution >= 0.6 is 11.3 Å². The molecule has 2 N–H and O–H groups in total. The molecule has 7 heteroatoms. The average Bonchev–Trinajstić information content (AvgIpc) is 2.94. The molecule has 110 valence electrons. The average molecular weight is 314 g/mol. The summed E-state index contributed by atoms with van der Waals surface area (Å²) in [5.41, 5.74) is 1.26. The van der Waals surface area contributed by atoms with Gasteiger partial charge in [-0.1, -0.05) is 6.92 Å². The molecule has 20 heavy (non-hydrogen) atoms. The van der Waals surface area contributed by atoms with Gasteiger partial charge in [0.25, 0.3) is 10.0 Å². The van der Waals surface area contributed by atoms with Crippen molar-refractivity contribution >= 4 is 27.0 Å². The van der Waals surface area contributed by atoms with Crippen molar-refractivity contribution in [3.63, 3.8) is 0 Å². The van der Waals surface area contributed by atoms with E-state index in [1.165, 1.54) is 11.3 Å². The highest BCUT2D eigenvalue weighted by Crippen LogP contribution is 2.28. The topological polar surface area (TPSA) is 71.3 Å². The van der Waals surface area contributed by atoms with Crippen LogP contribution in [0.4, 0.5) is 5.69 Å². The number of sulfonamides is 1. The van der Waals surface area contributed by atoms with Crippen LogP contribution in [-0.2, 0) is 16.6 Å². The van der Waals surface area contributed by atoms with E-state index >= 15 is 0 Å². The lowest BCUT2D eigenvalue weighted by Crippen LogP contribution is -2.18. The maximum atomic E-state index is 12.5. The second-order valence-corrected chi connectivity index (χ2v) is 6.82. The van der Waals surface area contributed by atoms with E-state index in [4.69, 9.17) is 4.42 Å². The third kappa shape index (κ3) is 3.05. The molecule has 2 aromatic rings. The largest absolute Gasteiger partial charge is 0.465 e. The zero-order valence-electron chi connectivity index (χ0n) is 11.7. The highest BCUT2D eigenvalue weighted by Gasteiger charge is 2.26. The molecule has 0 unspecified atom stereocenters. The van der Waals surface area contributed by atoms with E-state index in [-0.39, 0.29) is 4.90 Å². The maximum absolute atomic E-state index is 12.5. The van der Waals surface area contributed by atoms with Crippen LogP contribution in [0.15, 0.2) is 26.1 Å². The summed E-state index contributed by atoms with van der Waals surface area (Å²) in [5.74, 6) is 1.05. The van der Waals surface area contributed by atoms with Gasteiger partial charge in [-0.05, 0) is 31.8 Å². The van der Waals surface area contributed by atoms with E-state index in [0.29, 0.717) is 29.3 Å². The predicted octanol–water partition coefficient (Wildman–Crippen LogP) is 2.87. The molecule has 0 saturated carbocycles. The molecular weight excluding hydrogens is 296 g/mol. The Hall–Kier alpha value is -1.31. The van der Waals surface area contributed by atoms with E-state index < -0.39 is 10.0 Å². The molecule has 0 atom stereocenters. The minimum Gasteiger partial charge on any atom is -0.465 e. The minimum atomic E-state index is -3.63. The fourth-order valence-electron chi connectivity index (χ4n) is 2.04. The first-order chi connectivity index (χ1) is 9.45. The summed E-state index contributed by atoms with van der Waals surface area (Å²) in [4.78, 5) is 0.238. The number of rotatable bonds is 6. The molecule has 0 aliphatic heterocycles. The van der Waals surface area contributed by atoms with Gasteiger partial charge in [0.1, 0.15) is 16.4 Å². The van der Waals surface area contributed by atoms with Gasteiger partial charge in [-0.3, -0.25) is 4.72 Å². The van der Waals surface area contributed by atoms with Crippen molar-refractivity contribution in [1.29, 1.82) is 0 Å².